The Morgan fingerprint density at radius 3 is 2.36 bits per heavy atom. The number of rotatable bonds is 6. The summed E-state index contributed by atoms with van der Waals surface area (Å²) in [7, 11) is 1.70. The number of ether oxygens (including phenoxy) is 2. The van der Waals surface area contributed by atoms with E-state index in [-0.39, 0.29) is 29.4 Å². The molecular weight excluding hydrogens is 531 g/mol. The van der Waals surface area contributed by atoms with E-state index in [0.29, 0.717) is 0 Å². The van der Waals surface area contributed by atoms with Gasteiger partial charge in [-0.15, -0.1) is 24.0 Å². The Morgan fingerprint density at radius 1 is 1.09 bits per heavy atom. The molecule has 1 aromatic heterocycles. The van der Waals surface area contributed by atoms with Crippen LogP contribution < -0.4 is 15.0 Å². The van der Waals surface area contributed by atoms with E-state index in [1.807, 2.05) is 18.2 Å². The number of guanidine groups is 1. The van der Waals surface area contributed by atoms with Crippen molar-refractivity contribution in [3.05, 3.63) is 48.3 Å². The molecule has 2 aliphatic heterocycles. The highest BCUT2D eigenvalue weighted by Crippen LogP contribution is 2.36. The maximum absolute atomic E-state index is 5.70. The Morgan fingerprint density at radius 2 is 1.76 bits per heavy atom. The number of benzene rings is 1. The lowest BCUT2D eigenvalue weighted by Crippen LogP contribution is -2.53. The van der Waals surface area contributed by atoms with Gasteiger partial charge in [0.15, 0.2) is 5.96 Å². The topological polar surface area (TPSA) is 75.1 Å². The van der Waals surface area contributed by atoms with E-state index >= 15 is 0 Å². The predicted octanol–water partition coefficient (Wildman–Crippen LogP) is 2.94. The number of halogens is 1. The minimum Gasteiger partial charge on any atom is -0.497 e. The van der Waals surface area contributed by atoms with Crippen molar-refractivity contribution in [3.63, 3.8) is 0 Å². The van der Waals surface area contributed by atoms with Crippen LogP contribution in [0.2, 0.25) is 0 Å². The molecule has 9 heteroatoms. The van der Waals surface area contributed by atoms with Gasteiger partial charge in [-0.1, -0.05) is 12.1 Å². The van der Waals surface area contributed by atoms with E-state index in [1.54, 1.807) is 19.5 Å². The molecule has 1 aromatic carbocycles. The van der Waals surface area contributed by atoms with Crippen LogP contribution in [0.15, 0.2) is 47.7 Å². The van der Waals surface area contributed by atoms with Crippen LogP contribution in [0.4, 0.5) is 5.95 Å². The summed E-state index contributed by atoms with van der Waals surface area (Å²) in [6.45, 7) is 8.80. The molecule has 0 spiro atoms. The number of methoxy groups -OCH3 is 1. The predicted molar refractivity (Wildman–Crippen MR) is 142 cm³/mol. The van der Waals surface area contributed by atoms with Crippen LogP contribution in [-0.4, -0.2) is 80.4 Å². The van der Waals surface area contributed by atoms with E-state index < -0.39 is 0 Å². The molecule has 0 saturated carbocycles. The number of anilines is 1. The molecule has 0 unspecified atom stereocenters. The van der Waals surface area contributed by atoms with Crippen molar-refractivity contribution in [1.82, 2.24) is 20.2 Å². The first-order chi connectivity index (χ1) is 15.7. The number of aliphatic imine (C=N–C) groups is 1. The van der Waals surface area contributed by atoms with Gasteiger partial charge in [0.05, 0.1) is 13.7 Å². The van der Waals surface area contributed by atoms with Crippen molar-refractivity contribution < 1.29 is 9.47 Å². The second kappa shape index (κ2) is 12.4. The van der Waals surface area contributed by atoms with Crippen LogP contribution in [0.25, 0.3) is 0 Å². The monoisotopic (exact) mass is 566 g/mol. The molecular formula is C24H35IN6O2. The lowest BCUT2D eigenvalue weighted by Gasteiger charge is -2.39. The molecule has 1 N–H and O–H groups in total. The smallest absolute Gasteiger partial charge is 0.225 e. The average Bonchev–Trinajstić information content (AvgIpc) is 2.88. The lowest BCUT2D eigenvalue weighted by molar-refractivity contribution is 0.0530. The van der Waals surface area contributed by atoms with Gasteiger partial charge >= 0.3 is 0 Å². The van der Waals surface area contributed by atoms with Crippen LogP contribution >= 0.6 is 24.0 Å². The molecule has 0 atom stereocenters. The summed E-state index contributed by atoms with van der Waals surface area (Å²) in [5, 5.41) is 3.51. The molecule has 180 valence electrons. The molecule has 0 radical (unpaired) electrons. The third-order valence-corrected chi connectivity index (χ3v) is 6.43. The zero-order valence-corrected chi connectivity index (χ0v) is 21.9. The first kappa shape index (κ1) is 25.5. The standard InChI is InChI=1S/C24H34N6O2.HI/c1-3-25-22(29-13-15-30(16-14-29)23-26-11-4-12-27-23)28-19-24(9-17-32-18-10-24)20-5-7-21(31-2)8-6-20;/h4-8,11-12H,3,9-10,13-19H2,1-2H3,(H,25,28);1H. The Hall–Kier alpha value is -2.14. The minimum atomic E-state index is -0.00903. The summed E-state index contributed by atoms with van der Waals surface area (Å²) in [6, 6.07) is 10.3. The maximum atomic E-state index is 5.70. The molecule has 4 rings (SSSR count). The SMILES string of the molecule is CCNC(=NCC1(c2ccc(OC)cc2)CCOCC1)N1CCN(c2ncccn2)CC1.I. The van der Waals surface area contributed by atoms with Gasteiger partial charge in [-0.2, -0.15) is 0 Å². The van der Waals surface area contributed by atoms with Crippen molar-refractivity contribution in [2.75, 3.05) is 64.5 Å². The van der Waals surface area contributed by atoms with Crippen LogP contribution in [0.5, 0.6) is 5.75 Å². The number of nitrogens with one attached hydrogen (secondary N) is 1. The summed E-state index contributed by atoms with van der Waals surface area (Å²) in [6.07, 6.45) is 5.54. The number of hydrogen-bond donors (Lipinski definition) is 1. The largest absolute Gasteiger partial charge is 0.497 e. The van der Waals surface area contributed by atoms with E-state index in [2.05, 4.69) is 44.1 Å². The zero-order chi connectivity index (χ0) is 22.2. The van der Waals surface area contributed by atoms with Crippen LogP contribution in [0, 0.1) is 0 Å². The molecule has 2 aliphatic rings. The summed E-state index contributed by atoms with van der Waals surface area (Å²) in [5.74, 6) is 2.67. The summed E-state index contributed by atoms with van der Waals surface area (Å²) < 4.78 is 11.1. The fraction of sp³-hybridized carbons (Fsp3) is 0.542. The number of nitrogens with zero attached hydrogens (tertiary/aromatic N) is 5. The van der Waals surface area contributed by atoms with Crippen LogP contribution in [0.1, 0.15) is 25.3 Å². The molecule has 3 heterocycles. The molecule has 2 aromatic rings. The first-order valence-electron chi connectivity index (χ1n) is 11.5. The second-order valence-electron chi connectivity index (χ2n) is 8.31. The van der Waals surface area contributed by atoms with Crippen molar-refractivity contribution in [2.45, 2.75) is 25.2 Å². The van der Waals surface area contributed by atoms with Gasteiger partial charge in [0.2, 0.25) is 5.95 Å². The quantitative estimate of drug-likeness (QED) is 0.328. The number of hydrogen-bond acceptors (Lipinski definition) is 6. The molecule has 2 saturated heterocycles. The van der Waals surface area contributed by atoms with E-state index in [1.165, 1.54) is 5.56 Å². The zero-order valence-electron chi connectivity index (χ0n) is 19.6. The third-order valence-electron chi connectivity index (χ3n) is 6.43. The average molecular weight is 566 g/mol. The first-order valence-corrected chi connectivity index (χ1v) is 11.5. The molecule has 8 nitrogen and oxygen atoms in total. The Kier molecular flexibility index (Phi) is 9.54. The highest BCUT2D eigenvalue weighted by molar-refractivity contribution is 14.0. The van der Waals surface area contributed by atoms with E-state index in [9.17, 15) is 0 Å². The van der Waals surface area contributed by atoms with Gasteiger partial charge in [-0.3, -0.25) is 4.99 Å². The number of piperazine rings is 1. The molecule has 33 heavy (non-hydrogen) atoms. The fourth-order valence-electron chi connectivity index (χ4n) is 4.47. The van der Waals surface area contributed by atoms with Crippen molar-refractivity contribution in [3.8, 4) is 5.75 Å². The Labute approximate surface area is 213 Å². The molecule has 0 bridgehead atoms. The third kappa shape index (κ3) is 6.26. The molecule has 2 fully saturated rings. The van der Waals surface area contributed by atoms with Crippen molar-refractivity contribution >= 4 is 35.9 Å². The van der Waals surface area contributed by atoms with Gasteiger partial charge < -0.3 is 24.6 Å². The van der Waals surface area contributed by atoms with Crippen LogP contribution in [-0.2, 0) is 10.2 Å². The van der Waals surface area contributed by atoms with E-state index in [0.717, 1.165) is 83.0 Å². The Balaban J connectivity index is 0.00000306. The normalized spacial score (nSPS) is 18.4. The highest BCUT2D eigenvalue weighted by atomic mass is 127. The lowest BCUT2D eigenvalue weighted by atomic mass is 9.74. The van der Waals surface area contributed by atoms with Gasteiger partial charge in [0.1, 0.15) is 5.75 Å². The van der Waals surface area contributed by atoms with E-state index in [4.69, 9.17) is 14.5 Å². The Bertz CT molecular complexity index is 866. The van der Waals surface area contributed by atoms with Gasteiger partial charge in [-0.25, -0.2) is 9.97 Å². The molecule has 0 amide bonds. The van der Waals surface area contributed by atoms with Gasteiger partial charge in [-0.05, 0) is 43.5 Å². The minimum absolute atomic E-state index is 0. The van der Waals surface area contributed by atoms with Gasteiger partial charge in [0.25, 0.3) is 0 Å². The molecule has 0 aliphatic carbocycles. The summed E-state index contributed by atoms with van der Waals surface area (Å²) >= 11 is 0. The van der Waals surface area contributed by atoms with Crippen molar-refractivity contribution in [2.24, 2.45) is 4.99 Å². The maximum Gasteiger partial charge on any atom is 0.225 e. The number of aromatic nitrogens is 2. The fourth-order valence-corrected chi connectivity index (χ4v) is 4.47. The summed E-state index contributed by atoms with van der Waals surface area (Å²) in [5.41, 5.74) is 1.30. The highest BCUT2D eigenvalue weighted by Gasteiger charge is 2.35. The van der Waals surface area contributed by atoms with Gasteiger partial charge in [0, 0.05) is 63.7 Å². The second-order valence-corrected chi connectivity index (χ2v) is 8.31. The summed E-state index contributed by atoms with van der Waals surface area (Å²) in [4.78, 5) is 18.5. The van der Waals surface area contributed by atoms with Crippen molar-refractivity contribution in [1.29, 1.82) is 0 Å². The van der Waals surface area contributed by atoms with Crippen LogP contribution in [0.3, 0.4) is 0 Å².